The number of nitrogen functional groups attached to an aromatic ring is 1. The van der Waals surface area contributed by atoms with E-state index in [4.69, 9.17) is 15.6 Å². The number of hydrogen-bond acceptors (Lipinski definition) is 3. The first-order valence-electron chi connectivity index (χ1n) is 6.79. The van der Waals surface area contributed by atoms with Crippen molar-refractivity contribution in [1.29, 1.82) is 0 Å². The maximum atomic E-state index is 11.1. The molecule has 0 radical (unpaired) electrons. The third-order valence-electron chi connectivity index (χ3n) is 3.27. The summed E-state index contributed by atoms with van der Waals surface area (Å²) in [6.07, 6.45) is 0. The van der Waals surface area contributed by atoms with E-state index in [2.05, 4.69) is 13.8 Å². The molecule has 0 bridgehead atoms. The highest BCUT2D eigenvalue weighted by molar-refractivity contribution is 5.94. The first-order chi connectivity index (χ1) is 9.88. The van der Waals surface area contributed by atoms with Gasteiger partial charge in [0.15, 0.2) is 0 Å². The van der Waals surface area contributed by atoms with E-state index < -0.39 is 5.97 Å². The molecule has 4 heteroatoms. The van der Waals surface area contributed by atoms with Gasteiger partial charge in [0, 0.05) is 5.69 Å². The predicted octanol–water partition coefficient (Wildman–Crippen LogP) is 4.19. The molecular weight excluding hydrogens is 266 g/mol. The van der Waals surface area contributed by atoms with Gasteiger partial charge >= 0.3 is 5.97 Å². The molecule has 4 nitrogen and oxygen atoms in total. The molecule has 21 heavy (non-hydrogen) atoms. The van der Waals surface area contributed by atoms with Crippen LogP contribution in [0, 0.1) is 6.92 Å². The fourth-order valence-electron chi connectivity index (χ4n) is 2.12. The van der Waals surface area contributed by atoms with Crippen molar-refractivity contribution in [2.75, 3.05) is 5.73 Å². The van der Waals surface area contributed by atoms with E-state index in [-0.39, 0.29) is 11.3 Å². The van der Waals surface area contributed by atoms with Gasteiger partial charge in [0.25, 0.3) is 0 Å². The number of carboxylic acid groups (broad SMARTS) is 1. The van der Waals surface area contributed by atoms with Crippen molar-refractivity contribution < 1.29 is 14.6 Å². The van der Waals surface area contributed by atoms with Crippen LogP contribution in [0.3, 0.4) is 0 Å². The van der Waals surface area contributed by atoms with Gasteiger partial charge in [-0.25, -0.2) is 4.79 Å². The predicted molar refractivity (Wildman–Crippen MR) is 83.2 cm³/mol. The van der Waals surface area contributed by atoms with Crippen LogP contribution in [0.25, 0.3) is 0 Å². The largest absolute Gasteiger partial charge is 0.478 e. The van der Waals surface area contributed by atoms with E-state index >= 15 is 0 Å². The van der Waals surface area contributed by atoms with Crippen LogP contribution in [0.4, 0.5) is 5.69 Å². The Labute approximate surface area is 124 Å². The molecule has 0 saturated carbocycles. The monoisotopic (exact) mass is 285 g/mol. The number of aromatic carboxylic acids is 1. The van der Waals surface area contributed by atoms with Crippen LogP contribution in [0.5, 0.6) is 11.5 Å². The molecule has 0 amide bonds. The number of carbonyl (C=O) groups is 1. The van der Waals surface area contributed by atoms with Crippen LogP contribution >= 0.6 is 0 Å². The number of benzene rings is 2. The van der Waals surface area contributed by atoms with Gasteiger partial charge in [-0.05, 0) is 48.2 Å². The third-order valence-corrected chi connectivity index (χ3v) is 3.27. The zero-order valence-corrected chi connectivity index (χ0v) is 12.4. The standard InChI is InChI=1S/C17H19NO3/c1-10(2)13-6-4-11(3)8-16(13)21-12-5-7-15(18)14(9-12)17(19)20/h4-10H,18H2,1-3H3,(H,19,20). The second-order valence-electron chi connectivity index (χ2n) is 5.35. The van der Waals surface area contributed by atoms with Gasteiger partial charge < -0.3 is 15.6 Å². The van der Waals surface area contributed by atoms with Gasteiger partial charge in [0.1, 0.15) is 11.5 Å². The minimum atomic E-state index is -1.06. The minimum absolute atomic E-state index is 0.0475. The molecule has 0 unspecified atom stereocenters. The second kappa shape index (κ2) is 5.87. The zero-order chi connectivity index (χ0) is 15.6. The highest BCUT2D eigenvalue weighted by Crippen LogP contribution is 2.32. The summed E-state index contributed by atoms with van der Waals surface area (Å²) >= 11 is 0. The number of rotatable bonds is 4. The second-order valence-corrected chi connectivity index (χ2v) is 5.35. The van der Waals surface area contributed by atoms with Crippen molar-refractivity contribution in [3.8, 4) is 11.5 Å². The lowest BCUT2D eigenvalue weighted by Crippen LogP contribution is -2.03. The molecule has 0 heterocycles. The average molecular weight is 285 g/mol. The number of carboxylic acids is 1. The lowest BCUT2D eigenvalue weighted by molar-refractivity contribution is 0.0697. The van der Waals surface area contributed by atoms with Crippen LogP contribution in [0.15, 0.2) is 36.4 Å². The molecule has 2 aromatic rings. The van der Waals surface area contributed by atoms with Crippen LogP contribution in [0.2, 0.25) is 0 Å². The Balaban J connectivity index is 2.40. The Morgan fingerprint density at radius 2 is 1.90 bits per heavy atom. The van der Waals surface area contributed by atoms with E-state index in [0.29, 0.717) is 11.7 Å². The molecule has 0 atom stereocenters. The molecule has 0 aromatic heterocycles. The van der Waals surface area contributed by atoms with Crippen molar-refractivity contribution >= 4 is 11.7 Å². The zero-order valence-electron chi connectivity index (χ0n) is 12.4. The molecule has 0 aliphatic carbocycles. The van der Waals surface area contributed by atoms with Crippen LogP contribution < -0.4 is 10.5 Å². The van der Waals surface area contributed by atoms with Crippen molar-refractivity contribution in [3.05, 3.63) is 53.1 Å². The quantitative estimate of drug-likeness (QED) is 0.826. The van der Waals surface area contributed by atoms with E-state index in [1.54, 1.807) is 12.1 Å². The molecule has 0 aliphatic rings. The smallest absolute Gasteiger partial charge is 0.337 e. The number of aryl methyl sites for hydroxylation is 1. The number of ether oxygens (including phenoxy) is 1. The van der Waals surface area contributed by atoms with Gasteiger partial charge in [-0.15, -0.1) is 0 Å². The first kappa shape index (κ1) is 14.9. The minimum Gasteiger partial charge on any atom is -0.478 e. The summed E-state index contributed by atoms with van der Waals surface area (Å²) < 4.78 is 5.88. The van der Waals surface area contributed by atoms with Crippen molar-refractivity contribution in [3.63, 3.8) is 0 Å². The fourth-order valence-corrected chi connectivity index (χ4v) is 2.12. The van der Waals surface area contributed by atoms with E-state index in [0.717, 1.165) is 16.9 Å². The summed E-state index contributed by atoms with van der Waals surface area (Å²) in [7, 11) is 0. The Morgan fingerprint density at radius 3 is 2.52 bits per heavy atom. The van der Waals surface area contributed by atoms with Gasteiger partial charge in [-0.1, -0.05) is 26.0 Å². The number of hydrogen-bond donors (Lipinski definition) is 2. The van der Waals surface area contributed by atoms with E-state index in [1.807, 2.05) is 25.1 Å². The topological polar surface area (TPSA) is 72.5 Å². The van der Waals surface area contributed by atoms with Crippen LogP contribution in [0.1, 0.15) is 41.3 Å². The first-order valence-corrected chi connectivity index (χ1v) is 6.79. The van der Waals surface area contributed by atoms with Gasteiger partial charge in [-0.3, -0.25) is 0 Å². The Morgan fingerprint density at radius 1 is 1.19 bits per heavy atom. The Hall–Kier alpha value is -2.49. The van der Waals surface area contributed by atoms with Gasteiger partial charge in [0.2, 0.25) is 0 Å². The van der Waals surface area contributed by atoms with Crippen molar-refractivity contribution in [1.82, 2.24) is 0 Å². The maximum Gasteiger partial charge on any atom is 0.337 e. The Bertz CT molecular complexity index is 678. The fraction of sp³-hybridized carbons (Fsp3) is 0.235. The van der Waals surface area contributed by atoms with Crippen molar-refractivity contribution in [2.45, 2.75) is 26.7 Å². The highest BCUT2D eigenvalue weighted by Gasteiger charge is 2.12. The maximum absolute atomic E-state index is 11.1. The summed E-state index contributed by atoms with van der Waals surface area (Å²) in [6, 6.07) is 10.7. The average Bonchev–Trinajstić information content (AvgIpc) is 2.40. The lowest BCUT2D eigenvalue weighted by Gasteiger charge is -2.15. The number of anilines is 1. The molecule has 110 valence electrons. The van der Waals surface area contributed by atoms with Crippen LogP contribution in [-0.2, 0) is 0 Å². The third kappa shape index (κ3) is 3.34. The van der Waals surface area contributed by atoms with E-state index in [1.165, 1.54) is 6.07 Å². The molecule has 3 N–H and O–H groups in total. The molecule has 0 saturated heterocycles. The van der Waals surface area contributed by atoms with Gasteiger partial charge in [-0.2, -0.15) is 0 Å². The molecule has 0 spiro atoms. The van der Waals surface area contributed by atoms with E-state index in [9.17, 15) is 4.79 Å². The normalized spacial score (nSPS) is 10.7. The van der Waals surface area contributed by atoms with Crippen LogP contribution in [-0.4, -0.2) is 11.1 Å². The molecule has 0 fully saturated rings. The summed E-state index contributed by atoms with van der Waals surface area (Å²) in [4.78, 5) is 11.1. The summed E-state index contributed by atoms with van der Waals surface area (Å²) in [5.41, 5.74) is 8.09. The summed E-state index contributed by atoms with van der Waals surface area (Å²) in [5, 5.41) is 9.11. The lowest BCUT2D eigenvalue weighted by atomic mass is 10.0. The highest BCUT2D eigenvalue weighted by atomic mass is 16.5. The van der Waals surface area contributed by atoms with Crippen molar-refractivity contribution in [2.24, 2.45) is 0 Å². The number of nitrogens with two attached hydrogens (primary N) is 1. The summed E-state index contributed by atoms with van der Waals surface area (Å²) in [6.45, 7) is 6.16. The molecular formula is C17H19NO3. The molecule has 2 rings (SSSR count). The Kier molecular flexibility index (Phi) is 4.17. The SMILES string of the molecule is Cc1ccc(C(C)C)c(Oc2ccc(N)c(C(=O)O)c2)c1. The molecule has 0 aliphatic heterocycles. The molecule has 2 aromatic carbocycles. The summed E-state index contributed by atoms with van der Waals surface area (Å²) in [5.74, 6) is 0.458. The van der Waals surface area contributed by atoms with Gasteiger partial charge in [0.05, 0.1) is 5.56 Å².